The number of nitrogens with two attached hydrogens (primary N) is 1. The summed E-state index contributed by atoms with van der Waals surface area (Å²) in [5.41, 5.74) is 9.20. The van der Waals surface area contributed by atoms with Gasteiger partial charge in [-0.25, -0.2) is 0 Å². The van der Waals surface area contributed by atoms with E-state index in [-0.39, 0.29) is 12.0 Å². The number of H-pyrrole nitrogens is 1. The maximum absolute atomic E-state index is 9.65. The van der Waals surface area contributed by atoms with Gasteiger partial charge in [0.05, 0.1) is 17.8 Å². The van der Waals surface area contributed by atoms with Crippen molar-refractivity contribution in [3.63, 3.8) is 0 Å². The normalized spacial score (nSPS) is 31.7. The molecule has 1 unspecified atom stereocenters. The maximum Gasteiger partial charge on any atom is 0.0737 e. The highest BCUT2D eigenvalue weighted by Crippen LogP contribution is 2.62. The van der Waals surface area contributed by atoms with Gasteiger partial charge < -0.3 is 10.8 Å². The molecule has 3 rings (SSSR count). The van der Waals surface area contributed by atoms with Crippen LogP contribution in [0.5, 0.6) is 0 Å². The number of nitrogens with zero attached hydrogens (tertiary/aromatic N) is 1. The third-order valence-corrected chi connectivity index (χ3v) is 4.36. The Labute approximate surface area is 88.9 Å². The van der Waals surface area contributed by atoms with Crippen LogP contribution in [0.25, 0.3) is 0 Å². The van der Waals surface area contributed by atoms with Gasteiger partial charge in [-0.1, -0.05) is 0 Å². The Hall–Kier alpha value is -0.870. The summed E-state index contributed by atoms with van der Waals surface area (Å²) in [6, 6.07) is 0. The Balaban J connectivity index is 2.19. The van der Waals surface area contributed by atoms with Crippen LogP contribution in [0.2, 0.25) is 0 Å². The number of aromatic amines is 1. The Morgan fingerprint density at radius 1 is 1.47 bits per heavy atom. The largest absolute Gasteiger partial charge is 0.394 e. The fourth-order valence-corrected chi connectivity index (χ4v) is 3.19. The highest BCUT2D eigenvalue weighted by Gasteiger charge is 2.60. The zero-order valence-corrected chi connectivity index (χ0v) is 9.01. The number of aromatic nitrogens is 2. The van der Waals surface area contributed by atoms with Gasteiger partial charge >= 0.3 is 0 Å². The summed E-state index contributed by atoms with van der Waals surface area (Å²) in [7, 11) is 0. The van der Waals surface area contributed by atoms with E-state index in [0.29, 0.717) is 0 Å². The van der Waals surface area contributed by atoms with Crippen molar-refractivity contribution in [1.82, 2.24) is 10.2 Å². The van der Waals surface area contributed by atoms with Crippen LogP contribution in [0.15, 0.2) is 0 Å². The standard InChI is InChI=1S/C11H17N3O/c1-7-9-8(14-13-7)2-3-10(4-5-10)11(9,12)6-15/h15H,2-6,12H2,1H3,(H,13,14). The van der Waals surface area contributed by atoms with Gasteiger partial charge in [0, 0.05) is 11.3 Å². The Morgan fingerprint density at radius 3 is 2.80 bits per heavy atom. The maximum atomic E-state index is 9.65. The van der Waals surface area contributed by atoms with Crippen molar-refractivity contribution in [3.05, 3.63) is 17.0 Å². The van der Waals surface area contributed by atoms with Gasteiger partial charge in [0.15, 0.2) is 0 Å². The lowest BCUT2D eigenvalue weighted by Crippen LogP contribution is -2.52. The summed E-state index contributed by atoms with van der Waals surface area (Å²) < 4.78 is 0. The van der Waals surface area contributed by atoms with Gasteiger partial charge in [-0.3, -0.25) is 5.10 Å². The highest BCUT2D eigenvalue weighted by molar-refractivity contribution is 5.40. The number of aliphatic hydroxyl groups excluding tert-OH is 1. The van der Waals surface area contributed by atoms with Gasteiger partial charge in [0.1, 0.15) is 0 Å². The predicted octanol–water partition coefficient (Wildman–Crippen LogP) is 0.591. The summed E-state index contributed by atoms with van der Waals surface area (Å²) in [5.74, 6) is 0. The quantitative estimate of drug-likeness (QED) is 0.631. The molecule has 1 aromatic heterocycles. The summed E-state index contributed by atoms with van der Waals surface area (Å²) in [4.78, 5) is 0. The van der Waals surface area contributed by atoms with E-state index in [0.717, 1.165) is 42.6 Å². The van der Waals surface area contributed by atoms with Crippen molar-refractivity contribution in [3.8, 4) is 0 Å². The van der Waals surface area contributed by atoms with E-state index in [4.69, 9.17) is 5.73 Å². The molecule has 1 saturated carbocycles. The van der Waals surface area contributed by atoms with Gasteiger partial charge in [-0.05, 0) is 38.0 Å². The summed E-state index contributed by atoms with van der Waals surface area (Å²) >= 11 is 0. The molecule has 0 aromatic carbocycles. The van der Waals surface area contributed by atoms with Crippen LogP contribution in [0.1, 0.15) is 36.2 Å². The average Bonchev–Trinajstić information content (AvgIpc) is 2.93. The minimum absolute atomic E-state index is 0.0281. The van der Waals surface area contributed by atoms with Crippen molar-refractivity contribution < 1.29 is 5.11 Å². The van der Waals surface area contributed by atoms with Crippen molar-refractivity contribution >= 4 is 0 Å². The fraction of sp³-hybridized carbons (Fsp3) is 0.727. The van der Waals surface area contributed by atoms with E-state index in [1.54, 1.807) is 0 Å². The van der Waals surface area contributed by atoms with E-state index in [9.17, 15) is 5.11 Å². The highest BCUT2D eigenvalue weighted by atomic mass is 16.3. The summed E-state index contributed by atoms with van der Waals surface area (Å²) in [6.07, 6.45) is 4.36. The van der Waals surface area contributed by atoms with Crippen LogP contribution in [0.4, 0.5) is 0 Å². The zero-order chi connectivity index (χ0) is 10.7. The molecular weight excluding hydrogens is 190 g/mol. The van der Waals surface area contributed by atoms with E-state index < -0.39 is 5.54 Å². The Morgan fingerprint density at radius 2 is 2.20 bits per heavy atom. The number of aryl methyl sites for hydroxylation is 2. The molecule has 2 aliphatic rings. The SMILES string of the molecule is Cc1[nH]nc2c1C(N)(CO)C1(CC2)CC1. The fourth-order valence-electron chi connectivity index (χ4n) is 3.19. The molecule has 1 spiro atoms. The lowest BCUT2D eigenvalue weighted by molar-refractivity contribution is 0.108. The molecule has 2 aliphatic carbocycles. The van der Waals surface area contributed by atoms with Crippen LogP contribution >= 0.6 is 0 Å². The third kappa shape index (κ3) is 0.961. The van der Waals surface area contributed by atoms with E-state index in [2.05, 4.69) is 10.2 Å². The molecular formula is C11H17N3O. The van der Waals surface area contributed by atoms with Crippen LogP contribution < -0.4 is 5.73 Å². The van der Waals surface area contributed by atoms with Crippen molar-refractivity contribution in [2.24, 2.45) is 11.1 Å². The molecule has 4 heteroatoms. The first-order valence-electron chi connectivity index (χ1n) is 5.57. The van der Waals surface area contributed by atoms with Crippen molar-refractivity contribution in [2.45, 2.75) is 38.1 Å². The van der Waals surface area contributed by atoms with E-state index in [1.807, 2.05) is 6.92 Å². The number of fused-ring (bicyclic) bond motifs is 1. The first-order valence-corrected chi connectivity index (χ1v) is 5.57. The molecule has 0 aliphatic heterocycles. The first kappa shape index (κ1) is 9.36. The van der Waals surface area contributed by atoms with Crippen molar-refractivity contribution in [1.29, 1.82) is 0 Å². The Kier molecular flexibility index (Phi) is 1.64. The molecule has 0 bridgehead atoms. The number of nitrogens with one attached hydrogen (secondary N) is 1. The third-order valence-electron chi connectivity index (χ3n) is 4.36. The number of rotatable bonds is 1. The first-order chi connectivity index (χ1) is 7.13. The second kappa shape index (κ2) is 2.62. The molecule has 0 radical (unpaired) electrons. The molecule has 4 N–H and O–H groups in total. The molecule has 4 nitrogen and oxygen atoms in total. The number of hydrogen-bond donors (Lipinski definition) is 3. The monoisotopic (exact) mass is 207 g/mol. The van der Waals surface area contributed by atoms with Gasteiger partial charge in [-0.15, -0.1) is 0 Å². The lowest BCUT2D eigenvalue weighted by Gasteiger charge is -2.40. The topological polar surface area (TPSA) is 74.9 Å². The smallest absolute Gasteiger partial charge is 0.0737 e. The summed E-state index contributed by atoms with van der Waals surface area (Å²) in [6.45, 7) is 2.02. The molecule has 0 saturated heterocycles. The molecule has 0 amide bonds. The Bertz CT molecular complexity index is 408. The number of hydrogen-bond acceptors (Lipinski definition) is 3. The van der Waals surface area contributed by atoms with E-state index in [1.165, 1.54) is 0 Å². The van der Waals surface area contributed by atoms with Crippen LogP contribution in [0, 0.1) is 12.3 Å². The molecule has 82 valence electrons. The second-order valence-corrected chi connectivity index (χ2v) is 5.08. The van der Waals surface area contributed by atoms with Gasteiger partial charge in [0.2, 0.25) is 0 Å². The van der Waals surface area contributed by atoms with Gasteiger partial charge in [0.25, 0.3) is 0 Å². The van der Waals surface area contributed by atoms with Crippen LogP contribution in [0.3, 0.4) is 0 Å². The zero-order valence-electron chi connectivity index (χ0n) is 9.01. The minimum Gasteiger partial charge on any atom is -0.394 e. The molecule has 1 fully saturated rings. The van der Waals surface area contributed by atoms with Crippen LogP contribution in [-0.4, -0.2) is 21.9 Å². The average molecular weight is 207 g/mol. The molecule has 1 aromatic rings. The predicted molar refractivity (Wildman–Crippen MR) is 56.3 cm³/mol. The molecule has 1 heterocycles. The van der Waals surface area contributed by atoms with Crippen molar-refractivity contribution in [2.75, 3.05) is 6.61 Å². The van der Waals surface area contributed by atoms with Crippen LogP contribution in [-0.2, 0) is 12.0 Å². The van der Waals surface area contributed by atoms with E-state index >= 15 is 0 Å². The van der Waals surface area contributed by atoms with Gasteiger partial charge in [-0.2, -0.15) is 5.10 Å². The summed E-state index contributed by atoms with van der Waals surface area (Å²) in [5, 5.41) is 16.9. The molecule has 1 atom stereocenters. The number of aliphatic hydroxyl groups is 1. The second-order valence-electron chi connectivity index (χ2n) is 5.08. The lowest BCUT2D eigenvalue weighted by atomic mass is 9.69. The minimum atomic E-state index is -0.558. The molecule has 15 heavy (non-hydrogen) atoms.